The molecule has 2 heterocycles. The summed E-state index contributed by atoms with van der Waals surface area (Å²) in [5, 5.41) is 10.3. The van der Waals surface area contributed by atoms with Crippen LogP contribution in [0.2, 0.25) is 0 Å². The number of nitrogens with zero attached hydrogens (tertiary/aromatic N) is 2. The van der Waals surface area contributed by atoms with Gasteiger partial charge in [-0.3, -0.25) is 9.48 Å². The Balaban J connectivity index is 1.52. The minimum atomic E-state index is -4.46. The topological polar surface area (TPSA) is 77.4 Å². The van der Waals surface area contributed by atoms with Gasteiger partial charge in [0.2, 0.25) is 5.91 Å². The Hall–Kier alpha value is -3.37. The van der Waals surface area contributed by atoms with Gasteiger partial charge < -0.3 is 20.1 Å². The zero-order valence-electron chi connectivity index (χ0n) is 19.4. The van der Waals surface area contributed by atoms with Gasteiger partial charge in [-0.25, -0.2) is 0 Å². The maximum Gasteiger partial charge on any atom is 0.416 e. The summed E-state index contributed by atoms with van der Waals surface area (Å²) in [4.78, 5) is 12.6. The van der Waals surface area contributed by atoms with Crippen LogP contribution >= 0.6 is 0 Å². The van der Waals surface area contributed by atoms with Crippen molar-refractivity contribution in [2.24, 2.45) is 7.05 Å². The highest BCUT2D eigenvalue weighted by Gasteiger charge is 2.30. The number of nitrogens with one attached hydrogen (secondary N) is 2. The van der Waals surface area contributed by atoms with Crippen LogP contribution in [0.3, 0.4) is 0 Å². The van der Waals surface area contributed by atoms with Gasteiger partial charge in [0.25, 0.3) is 0 Å². The van der Waals surface area contributed by atoms with Gasteiger partial charge in [0, 0.05) is 37.6 Å². The smallest absolute Gasteiger partial charge is 0.416 e. The molecule has 35 heavy (non-hydrogen) atoms. The Morgan fingerprint density at radius 3 is 2.80 bits per heavy atom. The van der Waals surface area contributed by atoms with Crippen molar-refractivity contribution in [1.82, 2.24) is 15.1 Å². The number of anilines is 1. The molecule has 0 aliphatic carbocycles. The normalized spacial score (nSPS) is 17.1. The highest BCUT2D eigenvalue weighted by molar-refractivity contribution is 5.93. The predicted molar refractivity (Wildman–Crippen MR) is 125 cm³/mol. The molecule has 2 aromatic carbocycles. The first-order valence-electron chi connectivity index (χ1n) is 11.3. The maximum absolute atomic E-state index is 13.0. The van der Waals surface area contributed by atoms with Gasteiger partial charge in [-0.2, -0.15) is 18.3 Å². The van der Waals surface area contributed by atoms with Crippen molar-refractivity contribution >= 4 is 11.6 Å². The quantitative estimate of drug-likeness (QED) is 0.525. The van der Waals surface area contributed by atoms with E-state index in [1.165, 1.54) is 12.1 Å². The minimum absolute atomic E-state index is 0.102. The lowest BCUT2D eigenvalue weighted by molar-refractivity contribution is -0.137. The first-order valence-corrected chi connectivity index (χ1v) is 11.3. The molecule has 10 heteroatoms. The molecule has 1 aliphatic heterocycles. The van der Waals surface area contributed by atoms with E-state index in [1.54, 1.807) is 36.1 Å². The molecule has 3 aromatic rings. The average Bonchev–Trinajstić information content (AvgIpc) is 3.25. The molecule has 1 aliphatic rings. The fourth-order valence-corrected chi connectivity index (χ4v) is 3.96. The van der Waals surface area contributed by atoms with Gasteiger partial charge in [-0.1, -0.05) is 18.2 Å². The van der Waals surface area contributed by atoms with Crippen molar-refractivity contribution in [3.63, 3.8) is 0 Å². The van der Waals surface area contributed by atoms with E-state index in [1.807, 2.05) is 13.0 Å². The molecule has 0 radical (unpaired) electrons. The van der Waals surface area contributed by atoms with Crippen LogP contribution < -0.4 is 15.4 Å². The number of aromatic nitrogens is 2. The lowest BCUT2D eigenvalue weighted by Gasteiger charge is -2.29. The molecule has 0 saturated carbocycles. The van der Waals surface area contributed by atoms with Crippen LogP contribution in [0, 0.1) is 0 Å². The third kappa shape index (κ3) is 6.20. The van der Waals surface area contributed by atoms with Crippen molar-refractivity contribution in [3.8, 4) is 17.0 Å². The highest BCUT2D eigenvalue weighted by Crippen LogP contribution is 2.34. The van der Waals surface area contributed by atoms with Gasteiger partial charge >= 0.3 is 6.18 Å². The summed E-state index contributed by atoms with van der Waals surface area (Å²) in [6, 6.07) is 11.8. The number of morpholine rings is 1. The molecule has 7 nitrogen and oxygen atoms in total. The molecule has 2 N–H and O–H groups in total. The number of amides is 1. The number of hydrogen-bond acceptors (Lipinski definition) is 5. The number of alkyl halides is 3. The van der Waals surface area contributed by atoms with Crippen molar-refractivity contribution < 1.29 is 27.4 Å². The Morgan fingerprint density at radius 2 is 2.11 bits per heavy atom. The van der Waals surface area contributed by atoms with Gasteiger partial charge in [0.15, 0.2) is 0 Å². The Morgan fingerprint density at radius 1 is 1.29 bits per heavy atom. The minimum Gasteiger partial charge on any atom is -0.487 e. The number of carbonyl (C=O) groups is 1. The van der Waals surface area contributed by atoms with Crippen LogP contribution in [0.25, 0.3) is 11.3 Å². The van der Waals surface area contributed by atoms with Crippen LogP contribution in [0.15, 0.2) is 54.7 Å². The molecule has 1 fully saturated rings. The van der Waals surface area contributed by atoms with Gasteiger partial charge in [0.1, 0.15) is 18.0 Å². The molecule has 1 amide bonds. The number of hydrogen-bond donors (Lipinski definition) is 2. The number of carbonyl (C=O) groups excluding carboxylic acids is 1. The largest absolute Gasteiger partial charge is 0.487 e. The summed E-state index contributed by atoms with van der Waals surface area (Å²) >= 11 is 0. The molecule has 0 spiro atoms. The number of benzene rings is 2. The second-order valence-electron chi connectivity index (χ2n) is 8.41. The lowest BCUT2D eigenvalue weighted by atomic mass is 10.1. The molecular weight excluding hydrogens is 461 g/mol. The first kappa shape index (κ1) is 24.7. The number of rotatable bonds is 7. The van der Waals surface area contributed by atoms with Gasteiger partial charge in [-0.05, 0) is 42.8 Å². The Labute approximate surface area is 201 Å². The highest BCUT2D eigenvalue weighted by atomic mass is 19.4. The predicted octanol–water partition coefficient (Wildman–Crippen LogP) is 4.04. The van der Waals surface area contributed by atoms with E-state index >= 15 is 0 Å². The summed E-state index contributed by atoms with van der Waals surface area (Å²) in [6.07, 6.45) is -3.32. The summed E-state index contributed by atoms with van der Waals surface area (Å²) in [5.41, 5.74) is 1.49. The van der Waals surface area contributed by atoms with Gasteiger partial charge in [0.05, 0.1) is 24.3 Å². The first-order chi connectivity index (χ1) is 16.7. The summed E-state index contributed by atoms with van der Waals surface area (Å²) in [5.74, 6) is 0.176. The number of aryl methyl sites for hydroxylation is 1. The fraction of sp³-hybridized carbons (Fsp3) is 0.360. The lowest BCUT2D eigenvalue weighted by Crippen LogP contribution is -2.46. The van der Waals surface area contributed by atoms with E-state index in [9.17, 15) is 18.0 Å². The molecule has 2 atom stereocenters. The van der Waals surface area contributed by atoms with E-state index in [0.717, 1.165) is 29.9 Å². The maximum atomic E-state index is 13.0. The molecule has 186 valence electrons. The van der Waals surface area contributed by atoms with Crippen LogP contribution in [0.5, 0.6) is 5.75 Å². The Kier molecular flexibility index (Phi) is 7.42. The van der Waals surface area contributed by atoms with Crippen molar-refractivity contribution in [2.75, 3.05) is 25.0 Å². The van der Waals surface area contributed by atoms with Gasteiger partial charge in [-0.15, -0.1) is 0 Å². The van der Waals surface area contributed by atoms with Crippen molar-refractivity contribution in [3.05, 3.63) is 65.9 Å². The van der Waals surface area contributed by atoms with E-state index in [4.69, 9.17) is 9.47 Å². The van der Waals surface area contributed by atoms with Crippen LogP contribution in [0.1, 0.15) is 18.1 Å². The van der Waals surface area contributed by atoms with E-state index in [2.05, 4.69) is 15.7 Å². The summed E-state index contributed by atoms with van der Waals surface area (Å²) < 4.78 is 52.7. The average molecular weight is 489 g/mol. The van der Waals surface area contributed by atoms with E-state index in [0.29, 0.717) is 24.6 Å². The molecule has 1 saturated heterocycles. The fourth-order valence-electron chi connectivity index (χ4n) is 3.96. The van der Waals surface area contributed by atoms with Crippen LogP contribution in [0.4, 0.5) is 18.9 Å². The Bertz CT molecular complexity index is 1170. The third-order valence-electron chi connectivity index (χ3n) is 5.77. The molecule has 2 unspecified atom stereocenters. The van der Waals surface area contributed by atoms with Crippen LogP contribution in [-0.2, 0) is 29.2 Å². The molecular formula is C25H27F3N4O3. The summed E-state index contributed by atoms with van der Waals surface area (Å²) in [7, 11) is 1.80. The van der Waals surface area contributed by atoms with Crippen molar-refractivity contribution in [2.45, 2.75) is 31.7 Å². The van der Waals surface area contributed by atoms with E-state index in [-0.39, 0.29) is 24.2 Å². The molecule has 0 bridgehead atoms. The summed E-state index contributed by atoms with van der Waals surface area (Å²) in [6.45, 7) is 4.05. The van der Waals surface area contributed by atoms with Crippen molar-refractivity contribution in [1.29, 1.82) is 0 Å². The second kappa shape index (κ2) is 10.5. The zero-order chi connectivity index (χ0) is 25.0. The molecule has 4 rings (SSSR count). The van der Waals surface area contributed by atoms with Crippen LogP contribution in [-0.4, -0.2) is 47.6 Å². The van der Waals surface area contributed by atoms with E-state index < -0.39 is 17.6 Å². The molecule has 1 aromatic heterocycles. The monoisotopic (exact) mass is 488 g/mol. The standard InChI is InChI=1S/C25H27F3N4O3/c1-16(23-15-29-10-11-34-23)35-22-7-6-19(14-20(22)21-8-9-30-32(21)2)31-24(33)13-17-4-3-5-18(12-17)25(26,27)28/h3-9,12,14,16,23,29H,10-11,13,15H2,1-2H3,(H,31,33). The number of halogens is 3. The SMILES string of the molecule is CC(Oc1ccc(NC(=O)Cc2cccc(C(F)(F)F)c2)cc1-c1ccnn1C)C1CNCCO1. The third-order valence-corrected chi connectivity index (χ3v) is 5.77. The number of ether oxygens (including phenoxy) is 2. The zero-order valence-corrected chi connectivity index (χ0v) is 19.4. The second-order valence-corrected chi connectivity index (χ2v) is 8.41.